The number of fused-ring (bicyclic) bond motifs is 1. The molecule has 2 nitrogen and oxygen atoms in total. The SMILES string of the molecule is CCCC[C@@H](C(=O)O)c1ccc2ccccc2c1. The maximum atomic E-state index is 11.3. The third kappa shape index (κ3) is 2.70. The maximum Gasteiger partial charge on any atom is 0.310 e. The summed E-state index contributed by atoms with van der Waals surface area (Å²) in [6, 6.07) is 14.0. The van der Waals surface area contributed by atoms with Crippen LogP contribution in [-0.4, -0.2) is 11.1 Å². The summed E-state index contributed by atoms with van der Waals surface area (Å²) in [6.07, 6.45) is 2.69. The molecule has 2 aromatic carbocycles. The zero-order valence-corrected chi connectivity index (χ0v) is 10.6. The van der Waals surface area contributed by atoms with Crippen LogP contribution in [0.1, 0.15) is 37.7 Å². The van der Waals surface area contributed by atoms with Crippen LogP contribution in [0, 0.1) is 0 Å². The number of hydrogen-bond acceptors (Lipinski definition) is 1. The van der Waals surface area contributed by atoms with Gasteiger partial charge in [0.15, 0.2) is 0 Å². The smallest absolute Gasteiger partial charge is 0.310 e. The minimum atomic E-state index is -0.723. The molecule has 0 aromatic heterocycles. The summed E-state index contributed by atoms with van der Waals surface area (Å²) in [5.41, 5.74) is 0.912. The Kier molecular flexibility index (Phi) is 3.98. The Labute approximate surface area is 107 Å². The van der Waals surface area contributed by atoms with Gasteiger partial charge in [0.25, 0.3) is 0 Å². The number of hydrogen-bond donors (Lipinski definition) is 1. The molecule has 2 aromatic rings. The van der Waals surface area contributed by atoms with Crippen molar-refractivity contribution in [2.24, 2.45) is 0 Å². The molecule has 2 rings (SSSR count). The third-order valence-electron chi connectivity index (χ3n) is 3.32. The molecule has 0 radical (unpaired) electrons. The molecule has 94 valence electrons. The number of benzene rings is 2. The van der Waals surface area contributed by atoms with Crippen LogP contribution in [0.4, 0.5) is 0 Å². The van der Waals surface area contributed by atoms with Gasteiger partial charge in [-0.1, -0.05) is 62.2 Å². The van der Waals surface area contributed by atoms with Crippen molar-refractivity contribution in [3.05, 3.63) is 48.0 Å². The van der Waals surface area contributed by atoms with Crippen molar-refractivity contribution in [3.8, 4) is 0 Å². The standard InChI is InChI=1S/C16H18O2/c1-2-3-8-15(16(17)18)14-10-9-12-6-4-5-7-13(12)11-14/h4-7,9-11,15H,2-3,8H2,1H3,(H,17,18)/t15-/m1/s1. The number of carboxylic acid groups (broad SMARTS) is 1. The first-order valence-corrected chi connectivity index (χ1v) is 6.44. The normalized spacial score (nSPS) is 12.5. The van der Waals surface area contributed by atoms with E-state index in [1.165, 1.54) is 0 Å². The van der Waals surface area contributed by atoms with Crippen LogP contribution in [0.5, 0.6) is 0 Å². The Hall–Kier alpha value is -1.83. The molecule has 0 aliphatic carbocycles. The average Bonchev–Trinajstić information content (AvgIpc) is 2.38. The molecule has 0 heterocycles. The Bertz CT molecular complexity index is 546. The number of aliphatic carboxylic acids is 1. The summed E-state index contributed by atoms with van der Waals surface area (Å²) in [4.78, 5) is 11.3. The Morgan fingerprint density at radius 2 is 1.89 bits per heavy atom. The quantitative estimate of drug-likeness (QED) is 0.853. The fourth-order valence-electron chi connectivity index (χ4n) is 2.27. The molecule has 0 aliphatic rings. The van der Waals surface area contributed by atoms with Crippen molar-refractivity contribution in [2.75, 3.05) is 0 Å². The molecular weight excluding hydrogens is 224 g/mol. The molecule has 0 spiro atoms. The average molecular weight is 242 g/mol. The first kappa shape index (κ1) is 12.6. The molecule has 0 bridgehead atoms. The number of carbonyl (C=O) groups is 1. The summed E-state index contributed by atoms with van der Waals surface area (Å²) in [7, 11) is 0. The number of unbranched alkanes of at least 4 members (excludes halogenated alkanes) is 1. The summed E-state index contributed by atoms with van der Waals surface area (Å²) in [6.45, 7) is 2.08. The van der Waals surface area contributed by atoms with Crippen LogP contribution < -0.4 is 0 Å². The van der Waals surface area contributed by atoms with Gasteiger partial charge >= 0.3 is 5.97 Å². The zero-order valence-electron chi connectivity index (χ0n) is 10.6. The van der Waals surface area contributed by atoms with Gasteiger partial charge in [0, 0.05) is 0 Å². The van der Waals surface area contributed by atoms with Crippen molar-refractivity contribution in [2.45, 2.75) is 32.1 Å². The lowest BCUT2D eigenvalue weighted by molar-refractivity contribution is -0.139. The van der Waals surface area contributed by atoms with Crippen LogP contribution in [0.2, 0.25) is 0 Å². The molecule has 1 atom stereocenters. The minimum Gasteiger partial charge on any atom is -0.481 e. The van der Waals surface area contributed by atoms with Crippen molar-refractivity contribution in [1.29, 1.82) is 0 Å². The Morgan fingerprint density at radius 3 is 2.56 bits per heavy atom. The molecule has 0 saturated carbocycles. The Balaban J connectivity index is 2.35. The lowest BCUT2D eigenvalue weighted by Gasteiger charge is -2.13. The molecular formula is C16H18O2. The number of carboxylic acids is 1. The highest BCUT2D eigenvalue weighted by atomic mass is 16.4. The van der Waals surface area contributed by atoms with Gasteiger partial charge < -0.3 is 5.11 Å². The largest absolute Gasteiger partial charge is 0.481 e. The maximum absolute atomic E-state index is 11.3. The summed E-state index contributed by atoms with van der Waals surface area (Å²) in [5, 5.41) is 11.6. The molecule has 0 aliphatic heterocycles. The van der Waals surface area contributed by atoms with E-state index in [2.05, 4.69) is 6.92 Å². The number of rotatable bonds is 5. The van der Waals surface area contributed by atoms with E-state index in [0.717, 1.165) is 29.2 Å². The van der Waals surface area contributed by atoms with E-state index in [1.54, 1.807) is 0 Å². The molecule has 1 N–H and O–H groups in total. The highest BCUT2D eigenvalue weighted by Crippen LogP contribution is 2.26. The molecule has 0 amide bonds. The second kappa shape index (κ2) is 5.67. The lowest BCUT2D eigenvalue weighted by atomic mass is 9.92. The molecule has 18 heavy (non-hydrogen) atoms. The minimum absolute atomic E-state index is 0.380. The topological polar surface area (TPSA) is 37.3 Å². The zero-order chi connectivity index (χ0) is 13.0. The summed E-state index contributed by atoms with van der Waals surface area (Å²) < 4.78 is 0. The third-order valence-corrected chi connectivity index (χ3v) is 3.32. The van der Waals surface area contributed by atoms with Gasteiger partial charge in [-0.05, 0) is 22.8 Å². The van der Waals surface area contributed by atoms with Gasteiger partial charge in [-0.3, -0.25) is 4.79 Å². The highest BCUT2D eigenvalue weighted by molar-refractivity contribution is 5.85. The summed E-state index contributed by atoms with van der Waals surface area (Å²) >= 11 is 0. The fraction of sp³-hybridized carbons (Fsp3) is 0.312. The van der Waals surface area contributed by atoms with E-state index in [-0.39, 0.29) is 5.92 Å². The first-order valence-electron chi connectivity index (χ1n) is 6.44. The van der Waals surface area contributed by atoms with E-state index < -0.39 is 5.97 Å². The van der Waals surface area contributed by atoms with Gasteiger partial charge in [0.1, 0.15) is 0 Å². The van der Waals surface area contributed by atoms with Crippen LogP contribution in [-0.2, 0) is 4.79 Å². The predicted molar refractivity (Wildman–Crippen MR) is 73.8 cm³/mol. The monoisotopic (exact) mass is 242 g/mol. The lowest BCUT2D eigenvalue weighted by Crippen LogP contribution is -2.11. The van der Waals surface area contributed by atoms with Crippen molar-refractivity contribution < 1.29 is 9.90 Å². The van der Waals surface area contributed by atoms with E-state index >= 15 is 0 Å². The summed E-state index contributed by atoms with van der Waals surface area (Å²) in [5.74, 6) is -1.10. The van der Waals surface area contributed by atoms with E-state index in [4.69, 9.17) is 0 Å². The van der Waals surface area contributed by atoms with Crippen LogP contribution >= 0.6 is 0 Å². The van der Waals surface area contributed by atoms with Crippen molar-refractivity contribution in [3.63, 3.8) is 0 Å². The van der Waals surface area contributed by atoms with Gasteiger partial charge in [-0.15, -0.1) is 0 Å². The molecule has 0 unspecified atom stereocenters. The van der Waals surface area contributed by atoms with Crippen LogP contribution in [0.15, 0.2) is 42.5 Å². The van der Waals surface area contributed by atoms with Gasteiger partial charge in [0.2, 0.25) is 0 Å². The first-order chi connectivity index (χ1) is 8.72. The van der Waals surface area contributed by atoms with E-state index in [1.807, 2.05) is 42.5 Å². The van der Waals surface area contributed by atoms with Crippen LogP contribution in [0.25, 0.3) is 10.8 Å². The van der Waals surface area contributed by atoms with Gasteiger partial charge in [-0.25, -0.2) is 0 Å². The fourth-order valence-corrected chi connectivity index (χ4v) is 2.27. The van der Waals surface area contributed by atoms with Crippen molar-refractivity contribution >= 4 is 16.7 Å². The predicted octanol–water partition coefficient (Wildman–Crippen LogP) is 4.20. The molecule has 0 fully saturated rings. The molecule has 2 heteroatoms. The van der Waals surface area contributed by atoms with E-state index in [0.29, 0.717) is 6.42 Å². The van der Waals surface area contributed by atoms with Crippen molar-refractivity contribution in [1.82, 2.24) is 0 Å². The van der Waals surface area contributed by atoms with Gasteiger partial charge in [0.05, 0.1) is 5.92 Å². The van der Waals surface area contributed by atoms with Crippen LogP contribution in [0.3, 0.4) is 0 Å². The highest BCUT2D eigenvalue weighted by Gasteiger charge is 2.19. The second-order valence-electron chi connectivity index (χ2n) is 4.64. The second-order valence-corrected chi connectivity index (χ2v) is 4.64. The molecule has 0 saturated heterocycles. The van der Waals surface area contributed by atoms with E-state index in [9.17, 15) is 9.90 Å². The Morgan fingerprint density at radius 1 is 1.17 bits per heavy atom. The van der Waals surface area contributed by atoms with Gasteiger partial charge in [-0.2, -0.15) is 0 Å².